The van der Waals surface area contributed by atoms with Crippen molar-refractivity contribution in [2.24, 2.45) is 9.98 Å². The van der Waals surface area contributed by atoms with Gasteiger partial charge in [0.1, 0.15) is 62.5 Å². The van der Waals surface area contributed by atoms with E-state index in [4.69, 9.17) is 28.9 Å². The molecule has 0 spiro atoms. The third kappa shape index (κ3) is 9.75. The molecule has 2 aromatic heterocycles. The maximum absolute atomic E-state index is 10.0. The lowest BCUT2D eigenvalue weighted by molar-refractivity contribution is -0.890. The quantitative estimate of drug-likeness (QED) is 0.0790. The molecular weight excluding hydrogens is 815 g/mol. The summed E-state index contributed by atoms with van der Waals surface area (Å²) < 4.78 is 27.9. The molecule has 0 saturated carbocycles. The van der Waals surface area contributed by atoms with E-state index in [9.17, 15) is 10.2 Å². The molecule has 326 valence electrons. The van der Waals surface area contributed by atoms with Gasteiger partial charge in [-0.05, 0) is 93.3 Å². The molecule has 0 amide bonds. The molecule has 0 radical (unpaired) electrons. The average molecular weight is 865 g/mol. The summed E-state index contributed by atoms with van der Waals surface area (Å²) in [5, 5.41) is 23.7. The topological polar surface area (TPSA) is 128 Å². The van der Waals surface area contributed by atoms with Crippen LogP contribution in [0.15, 0.2) is 156 Å². The number of hydrogen-bond donors (Lipinski definition) is 2. The van der Waals surface area contributed by atoms with Crippen LogP contribution in [0.1, 0.15) is 25.0 Å². The van der Waals surface area contributed by atoms with Crippen LogP contribution in [0.5, 0.6) is 23.0 Å². The van der Waals surface area contributed by atoms with Crippen LogP contribution in [0.2, 0.25) is 0 Å². The molecule has 0 atom stereocenters. The van der Waals surface area contributed by atoms with Crippen LogP contribution in [0.3, 0.4) is 0 Å². The Bertz CT molecular complexity index is 2870. The average Bonchev–Trinajstić information content (AvgIpc) is 3.32. The summed E-state index contributed by atoms with van der Waals surface area (Å²) in [7, 11) is 4.38. The maximum Gasteiger partial charge on any atom is 0.184 e. The highest BCUT2D eigenvalue weighted by molar-refractivity contribution is 6.12. The first-order valence-corrected chi connectivity index (χ1v) is 21.6. The van der Waals surface area contributed by atoms with Gasteiger partial charge in [-0.1, -0.05) is 84.9 Å². The zero-order chi connectivity index (χ0) is 44.9. The van der Waals surface area contributed by atoms with Gasteiger partial charge >= 0.3 is 0 Å². The van der Waals surface area contributed by atoms with Crippen LogP contribution in [0, 0.1) is 0 Å². The van der Waals surface area contributed by atoms with Gasteiger partial charge in [0.05, 0.1) is 25.5 Å². The number of aromatic nitrogens is 2. The van der Waals surface area contributed by atoms with Crippen molar-refractivity contribution in [1.82, 2.24) is 9.97 Å². The fourth-order valence-electron chi connectivity index (χ4n) is 8.05. The monoisotopic (exact) mass is 864 g/mol. The first kappa shape index (κ1) is 42.5. The number of hydrogen-bond acceptors (Lipinski definition) is 8. The number of likely N-dealkylation sites (N-methyl/N-ethyl adjacent to an activating group) is 1. The van der Waals surface area contributed by atoms with E-state index < -0.39 is 0 Å². The van der Waals surface area contributed by atoms with Gasteiger partial charge in [-0.3, -0.25) is 0 Å². The predicted octanol–water partition coefficient (Wildman–Crippen LogP) is 12.0. The molecule has 11 nitrogen and oxygen atoms in total. The van der Waals surface area contributed by atoms with E-state index in [0.29, 0.717) is 76.9 Å². The van der Waals surface area contributed by atoms with Gasteiger partial charge in [0, 0.05) is 36.1 Å². The van der Waals surface area contributed by atoms with Crippen molar-refractivity contribution in [2.45, 2.75) is 27.1 Å². The summed E-state index contributed by atoms with van der Waals surface area (Å²) in [4.78, 5) is 18.1. The summed E-state index contributed by atoms with van der Waals surface area (Å²) >= 11 is 0. The number of benzene rings is 6. The Kier molecular flexibility index (Phi) is 12.1. The number of pyridine rings is 2. The van der Waals surface area contributed by atoms with Crippen molar-refractivity contribution in [1.29, 1.82) is 0 Å². The van der Waals surface area contributed by atoms with E-state index in [1.54, 1.807) is 12.1 Å². The second-order valence-electron chi connectivity index (χ2n) is 16.7. The molecule has 0 bridgehead atoms. The second kappa shape index (κ2) is 18.5. The fraction of sp³-hybridized carbons (Fsp3) is 0.185. The van der Waals surface area contributed by atoms with E-state index in [-0.39, 0.29) is 11.8 Å². The number of aliphatic imine (C=N–C) groups is 2. The van der Waals surface area contributed by atoms with E-state index in [0.717, 1.165) is 68.0 Å². The number of rotatable bonds is 10. The SMILES string of the molecule is CC(O)=Nc1cccc(-c2cc3ccc4c(c3cc2OCc2ccccc2)-c2c(ccc3cc(-c5cccc(N=C(C)O)n5)c(OCc5ccccc5)cc23)OCC[N+](C)(C)CCO4)n1. The number of fused-ring (bicyclic) bond motifs is 7. The molecule has 0 unspecified atom stereocenters. The van der Waals surface area contributed by atoms with Crippen molar-refractivity contribution in [2.75, 3.05) is 40.4 Å². The highest BCUT2D eigenvalue weighted by Gasteiger charge is 2.26. The van der Waals surface area contributed by atoms with Gasteiger partial charge in [0.15, 0.2) is 23.4 Å². The number of aliphatic hydroxyl groups excluding tert-OH is 2. The molecule has 1 aliphatic rings. The van der Waals surface area contributed by atoms with E-state index in [2.05, 4.69) is 60.5 Å². The van der Waals surface area contributed by atoms with Crippen molar-refractivity contribution < 1.29 is 33.6 Å². The summed E-state index contributed by atoms with van der Waals surface area (Å²) in [5.41, 5.74) is 6.55. The third-order valence-corrected chi connectivity index (χ3v) is 11.4. The number of aliphatic hydroxyl groups is 2. The zero-order valence-electron chi connectivity index (χ0n) is 36.9. The molecular formula is C54H50N5O6+. The smallest absolute Gasteiger partial charge is 0.184 e. The van der Waals surface area contributed by atoms with Gasteiger partial charge in [-0.15, -0.1) is 0 Å². The van der Waals surface area contributed by atoms with Crippen molar-refractivity contribution in [3.8, 4) is 56.6 Å². The number of quaternary nitrogens is 1. The molecule has 0 aliphatic carbocycles. The zero-order valence-corrected chi connectivity index (χ0v) is 36.9. The Morgan fingerprint density at radius 2 is 0.985 bits per heavy atom. The Labute approximate surface area is 378 Å². The molecule has 6 aromatic carbocycles. The van der Waals surface area contributed by atoms with Crippen LogP contribution in [-0.4, -0.2) is 76.9 Å². The molecule has 9 rings (SSSR count). The highest BCUT2D eigenvalue weighted by atomic mass is 16.5. The Morgan fingerprint density at radius 3 is 1.40 bits per heavy atom. The number of ether oxygens (including phenoxy) is 4. The van der Waals surface area contributed by atoms with Gasteiger partial charge in [-0.2, -0.15) is 9.98 Å². The third-order valence-electron chi connectivity index (χ3n) is 11.4. The first-order chi connectivity index (χ1) is 31.6. The lowest BCUT2D eigenvalue weighted by atomic mass is 9.90. The standard InChI is InChI=1S/C54H49N5O6/c1-35(60)55-51-19-11-17-45(57-51)43-29-39-21-23-47-53(41(39)31-49(43)64-33-37-13-7-5-8-14-37)54-42-32-50(65-34-38-15-9-6-10-16-38)44(46-18-12-20-52(58-46)56-36(2)61)30-40(42)22-24-48(54)63-28-26-59(3,4)25-27-62-47/h5-24,29-32H,25-28,33-34H2,1-4H3,(H-,55,56,57,58,60,61)/p+1. The highest BCUT2D eigenvalue weighted by Crippen LogP contribution is 2.50. The molecule has 0 fully saturated rings. The van der Waals surface area contributed by atoms with Crippen LogP contribution in [0.4, 0.5) is 11.6 Å². The lowest BCUT2D eigenvalue weighted by Crippen LogP contribution is -2.45. The molecule has 2 N–H and O–H groups in total. The lowest BCUT2D eigenvalue weighted by Gasteiger charge is -2.29. The van der Waals surface area contributed by atoms with Crippen LogP contribution in [-0.2, 0) is 13.2 Å². The number of nitrogens with zero attached hydrogens (tertiary/aromatic N) is 5. The van der Waals surface area contributed by atoms with Gasteiger partial charge in [0.25, 0.3) is 0 Å². The molecule has 1 aliphatic heterocycles. The fourth-order valence-corrected chi connectivity index (χ4v) is 8.05. The Morgan fingerprint density at radius 1 is 0.554 bits per heavy atom. The van der Waals surface area contributed by atoms with Crippen molar-refractivity contribution >= 4 is 45.0 Å². The van der Waals surface area contributed by atoms with Crippen LogP contribution in [0.25, 0.3) is 55.2 Å². The van der Waals surface area contributed by atoms with Gasteiger partial charge < -0.3 is 33.6 Å². The Hall–Kier alpha value is -7.76. The van der Waals surface area contributed by atoms with E-state index in [1.807, 2.05) is 97.1 Å². The predicted molar refractivity (Wildman–Crippen MR) is 259 cm³/mol. The minimum absolute atomic E-state index is 0.0818. The molecule has 3 heterocycles. The summed E-state index contributed by atoms with van der Waals surface area (Å²) in [5.74, 6) is 3.23. The summed E-state index contributed by atoms with van der Waals surface area (Å²) in [6.45, 7) is 6.18. The largest absolute Gasteiger partial charge is 0.497 e. The summed E-state index contributed by atoms with van der Waals surface area (Å²) in [6, 6.07) is 47.8. The van der Waals surface area contributed by atoms with Crippen molar-refractivity contribution in [3.63, 3.8) is 0 Å². The molecule has 11 heteroatoms. The molecule has 8 aromatic rings. The Balaban J connectivity index is 1.31. The normalized spacial score (nSPS) is 14.1. The van der Waals surface area contributed by atoms with E-state index >= 15 is 0 Å². The van der Waals surface area contributed by atoms with E-state index in [1.165, 1.54) is 13.8 Å². The minimum Gasteiger partial charge on any atom is -0.497 e. The first-order valence-electron chi connectivity index (χ1n) is 21.6. The van der Waals surface area contributed by atoms with Crippen molar-refractivity contribution in [3.05, 3.63) is 157 Å². The summed E-state index contributed by atoms with van der Waals surface area (Å²) in [6.07, 6.45) is 0. The van der Waals surface area contributed by atoms with Crippen LogP contribution >= 0.6 is 0 Å². The second-order valence-corrected chi connectivity index (χ2v) is 16.7. The molecule has 65 heavy (non-hydrogen) atoms. The van der Waals surface area contributed by atoms with Gasteiger partial charge in [-0.25, -0.2) is 9.97 Å². The molecule has 0 saturated heterocycles. The van der Waals surface area contributed by atoms with Crippen LogP contribution < -0.4 is 18.9 Å². The van der Waals surface area contributed by atoms with Gasteiger partial charge in [0.2, 0.25) is 0 Å². The maximum atomic E-state index is 10.0. The minimum atomic E-state index is -0.0818.